The minimum absolute atomic E-state index is 0.146. The SMILES string of the molecule is CC(C)N(Cc1cc(CNC(C)(C)C)co1)CC1CC1. The third kappa shape index (κ3) is 5.29. The highest BCUT2D eigenvalue weighted by Crippen LogP contribution is 2.30. The van der Waals surface area contributed by atoms with Crippen LogP contribution in [0.5, 0.6) is 0 Å². The van der Waals surface area contributed by atoms with Crippen LogP contribution in [0.15, 0.2) is 16.7 Å². The molecule has 1 N–H and O–H groups in total. The van der Waals surface area contributed by atoms with E-state index in [4.69, 9.17) is 4.42 Å². The van der Waals surface area contributed by atoms with E-state index in [1.165, 1.54) is 24.9 Å². The van der Waals surface area contributed by atoms with Crippen LogP contribution in [0, 0.1) is 5.92 Å². The zero-order valence-corrected chi connectivity index (χ0v) is 13.7. The van der Waals surface area contributed by atoms with Crippen molar-refractivity contribution in [2.45, 2.75) is 72.1 Å². The first kappa shape index (κ1) is 15.6. The number of hydrogen-bond acceptors (Lipinski definition) is 3. The van der Waals surface area contributed by atoms with Gasteiger partial charge in [-0.2, -0.15) is 0 Å². The Morgan fingerprint density at radius 2 is 2.05 bits per heavy atom. The molecule has 3 nitrogen and oxygen atoms in total. The molecule has 0 radical (unpaired) electrons. The molecule has 2 rings (SSSR count). The molecular formula is C17H30N2O. The molecule has 0 unspecified atom stereocenters. The first-order valence-corrected chi connectivity index (χ1v) is 7.89. The van der Waals surface area contributed by atoms with Gasteiger partial charge >= 0.3 is 0 Å². The van der Waals surface area contributed by atoms with Crippen LogP contribution >= 0.6 is 0 Å². The average Bonchev–Trinajstić information content (AvgIpc) is 3.03. The van der Waals surface area contributed by atoms with Crippen LogP contribution in [-0.4, -0.2) is 23.0 Å². The van der Waals surface area contributed by atoms with Crippen molar-refractivity contribution >= 4 is 0 Å². The lowest BCUT2D eigenvalue weighted by Crippen LogP contribution is -2.34. The Morgan fingerprint density at radius 1 is 1.35 bits per heavy atom. The van der Waals surface area contributed by atoms with Crippen molar-refractivity contribution in [2.75, 3.05) is 6.54 Å². The van der Waals surface area contributed by atoms with Crippen molar-refractivity contribution in [3.63, 3.8) is 0 Å². The van der Waals surface area contributed by atoms with Gasteiger partial charge in [-0.15, -0.1) is 0 Å². The van der Waals surface area contributed by atoms with Crippen LogP contribution in [0.2, 0.25) is 0 Å². The van der Waals surface area contributed by atoms with Gasteiger partial charge in [-0.1, -0.05) is 0 Å². The summed E-state index contributed by atoms with van der Waals surface area (Å²) >= 11 is 0. The van der Waals surface area contributed by atoms with Gasteiger partial charge in [-0.05, 0) is 59.4 Å². The Morgan fingerprint density at radius 3 is 2.60 bits per heavy atom. The van der Waals surface area contributed by atoms with Crippen LogP contribution < -0.4 is 5.32 Å². The minimum Gasteiger partial charge on any atom is -0.468 e. The van der Waals surface area contributed by atoms with E-state index in [1.807, 2.05) is 6.26 Å². The normalized spacial score (nSPS) is 16.4. The van der Waals surface area contributed by atoms with Gasteiger partial charge in [0.1, 0.15) is 5.76 Å². The average molecular weight is 278 g/mol. The Bertz CT molecular complexity index is 413. The first-order chi connectivity index (χ1) is 9.33. The summed E-state index contributed by atoms with van der Waals surface area (Å²) in [7, 11) is 0. The zero-order valence-electron chi connectivity index (χ0n) is 13.7. The lowest BCUT2D eigenvalue weighted by Gasteiger charge is -2.25. The van der Waals surface area contributed by atoms with Crippen molar-refractivity contribution < 1.29 is 4.42 Å². The molecule has 1 aromatic heterocycles. The fraction of sp³-hybridized carbons (Fsp3) is 0.765. The van der Waals surface area contributed by atoms with Crippen LogP contribution in [0.4, 0.5) is 0 Å². The summed E-state index contributed by atoms with van der Waals surface area (Å²) in [4.78, 5) is 2.53. The van der Waals surface area contributed by atoms with E-state index in [0.717, 1.165) is 24.8 Å². The van der Waals surface area contributed by atoms with Gasteiger partial charge in [0.15, 0.2) is 0 Å². The predicted molar refractivity (Wildman–Crippen MR) is 83.6 cm³/mol. The van der Waals surface area contributed by atoms with Gasteiger partial charge in [0.25, 0.3) is 0 Å². The fourth-order valence-electron chi connectivity index (χ4n) is 2.26. The summed E-state index contributed by atoms with van der Waals surface area (Å²) < 4.78 is 5.73. The maximum Gasteiger partial charge on any atom is 0.118 e. The van der Waals surface area contributed by atoms with E-state index in [2.05, 4.69) is 50.9 Å². The molecule has 0 bridgehead atoms. The van der Waals surface area contributed by atoms with Crippen LogP contribution in [0.25, 0.3) is 0 Å². The molecule has 0 amide bonds. The maximum absolute atomic E-state index is 5.73. The van der Waals surface area contributed by atoms with E-state index in [1.54, 1.807) is 0 Å². The zero-order chi connectivity index (χ0) is 14.8. The second-order valence-corrected chi connectivity index (χ2v) is 7.49. The number of nitrogens with zero attached hydrogens (tertiary/aromatic N) is 1. The monoisotopic (exact) mass is 278 g/mol. The van der Waals surface area contributed by atoms with Crippen molar-refractivity contribution in [1.29, 1.82) is 0 Å². The molecule has 0 aromatic carbocycles. The van der Waals surface area contributed by atoms with Crippen molar-refractivity contribution in [3.8, 4) is 0 Å². The Labute approximate surface area is 123 Å². The molecular weight excluding hydrogens is 248 g/mol. The predicted octanol–water partition coefficient (Wildman–Crippen LogP) is 3.79. The molecule has 1 aliphatic rings. The molecule has 0 aliphatic heterocycles. The van der Waals surface area contributed by atoms with Crippen LogP contribution in [0.1, 0.15) is 58.8 Å². The fourth-order valence-corrected chi connectivity index (χ4v) is 2.26. The summed E-state index contributed by atoms with van der Waals surface area (Å²) in [6, 6.07) is 2.78. The first-order valence-electron chi connectivity index (χ1n) is 7.89. The quantitative estimate of drug-likeness (QED) is 0.822. The number of furan rings is 1. The maximum atomic E-state index is 5.73. The molecule has 1 heterocycles. The highest BCUT2D eigenvalue weighted by Gasteiger charge is 2.26. The molecule has 1 fully saturated rings. The third-order valence-corrected chi connectivity index (χ3v) is 3.81. The molecule has 1 aromatic rings. The van der Waals surface area contributed by atoms with E-state index >= 15 is 0 Å². The number of hydrogen-bond donors (Lipinski definition) is 1. The molecule has 0 saturated heterocycles. The van der Waals surface area contributed by atoms with E-state index in [9.17, 15) is 0 Å². The summed E-state index contributed by atoms with van der Waals surface area (Å²) in [6.45, 7) is 14.1. The molecule has 0 atom stereocenters. The summed E-state index contributed by atoms with van der Waals surface area (Å²) in [5.74, 6) is 2.01. The Hall–Kier alpha value is -0.800. The second-order valence-electron chi connectivity index (χ2n) is 7.49. The van der Waals surface area contributed by atoms with Gasteiger partial charge in [-0.3, -0.25) is 4.90 Å². The molecule has 114 valence electrons. The standard InChI is InChI=1S/C17H30N2O/c1-13(2)19(10-14-6-7-14)11-16-8-15(12-20-16)9-18-17(3,4)5/h8,12-14,18H,6-7,9-11H2,1-5H3. The van der Waals surface area contributed by atoms with Gasteiger partial charge in [0.05, 0.1) is 12.8 Å². The summed E-state index contributed by atoms with van der Waals surface area (Å²) in [5.41, 5.74) is 1.39. The topological polar surface area (TPSA) is 28.4 Å². The van der Waals surface area contributed by atoms with Crippen LogP contribution in [-0.2, 0) is 13.1 Å². The minimum atomic E-state index is 0.146. The summed E-state index contributed by atoms with van der Waals surface area (Å²) in [5, 5.41) is 3.50. The Kier molecular flexibility index (Phi) is 4.92. The Balaban J connectivity index is 1.86. The highest BCUT2D eigenvalue weighted by molar-refractivity contribution is 5.13. The van der Waals surface area contributed by atoms with Gasteiger partial charge < -0.3 is 9.73 Å². The van der Waals surface area contributed by atoms with Gasteiger partial charge in [0, 0.05) is 30.2 Å². The van der Waals surface area contributed by atoms with E-state index < -0.39 is 0 Å². The van der Waals surface area contributed by atoms with Gasteiger partial charge in [0.2, 0.25) is 0 Å². The second kappa shape index (κ2) is 6.31. The highest BCUT2D eigenvalue weighted by atomic mass is 16.3. The van der Waals surface area contributed by atoms with Crippen LogP contribution in [0.3, 0.4) is 0 Å². The number of rotatable bonds is 7. The van der Waals surface area contributed by atoms with Crippen molar-refractivity contribution in [1.82, 2.24) is 10.2 Å². The summed E-state index contributed by atoms with van der Waals surface area (Å²) in [6.07, 6.45) is 4.70. The van der Waals surface area contributed by atoms with Crippen molar-refractivity contribution in [3.05, 3.63) is 23.7 Å². The molecule has 1 saturated carbocycles. The smallest absolute Gasteiger partial charge is 0.118 e. The number of nitrogens with one attached hydrogen (secondary N) is 1. The van der Waals surface area contributed by atoms with Gasteiger partial charge in [-0.25, -0.2) is 0 Å². The molecule has 0 spiro atoms. The molecule has 20 heavy (non-hydrogen) atoms. The third-order valence-electron chi connectivity index (χ3n) is 3.81. The van der Waals surface area contributed by atoms with E-state index in [-0.39, 0.29) is 5.54 Å². The van der Waals surface area contributed by atoms with Crippen molar-refractivity contribution in [2.24, 2.45) is 5.92 Å². The largest absolute Gasteiger partial charge is 0.468 e. The molecule has 3 heteroatoms. The molecule has 1 aliphatic carbocycles. The van der Waals surface area contributed by atoms with E-state index in [0.29, 0.717) is 6.04 Å². The lowest BCUT2D eigenvalue weighted by atomic mass is 10.1. The lowest BCUT2D eigenvalue weighted by molar-refractivity contribution is 0.188.